The number of anilines is 1. The number of nitrogens with zero attached hydrogens (tertiary/aromatic N) is 4. The fourth-order valence-electron chi connectivity index (χ4n) is 6.18. The lowest BCUT2D eigenvalue weighted by Gasteiger charge is -2.31. The van der Waals surface area contributed by atoms with Crippen LogP contribution in [-0.2, 0) is 37.8 Å². The van der Waals surface area contributed by atoms with Crippen molar-refractivity contribution in [2.75, 3.05) is 37.7 Å². The minimum Gasteiger partial charge on any atom is -0.444 e. The first-order valence-electron chi connectivity index (χ1n) is 19.1. The highest BCUT2D eigenvalue weighted by atomic mass is 19.3. The Kier molecular flexibility index (Phi) is 14.3. The zero-order valence-electron chi connectivity index (χ0n) is 34.7. The predicted molar refractivity (Wildman–Crippen MR) is 211 cm³/mol. The van der Waals surface area contributed by atoms with Gasteiger partial charge in [0.1, 0.15) is 28.4 Å². The number of carbonyl (C=O) groups is 3. The maximum Gasteiger partial charge on any atom is 0.416 e. The minimum absolute atomic E-state index is 0.127. The van der Waals surface area contributed by atoms with E-state index < -0.39 is 65.0 Å². The fraction of sp³-hybridized carbons (Fsp3) is 0.535. The maximum atomic E-state index is 15.5. The molecule has 0 unspecified atom stereocenters. The van der Waals surface area contributed by atoms with Crippen molar-refractivity contribution < 1.29 is 46.5 Å². The van der Waals surface area contributed by atoms with Gasteiger partial charge in [0.25, 0.3) is 5.92 Å². The Morgan fingerprint density at radius 3 is 2.05 bits per heavy atom. The van der Waals surface area contributed by atoms with Crippen LogP contribution < -0.4 is 4.90 Å². The molecule has 0 spiro atoms. The number of likely N-dealkylation sites (tertiary alicyclic amines) is 1. The van der Waals surface area contributed by atoms with E-state index in [1.54, 1.807) is 68.4 Å². The summed E-state index contributed by atoms with van der Waals surface area (Å²) >= 11 is 0. The number of ether oxygens (including phenoxy) is 4. The second-order valence-electron chi connectivity index (χ2n) is 17.4. The molecule has 14 heteroatoms. The van der Waals surface area contributed by atoms with Gasteiger partial charge in [-0.25, -0.2) is 23.8 Å². The van der Waals surface area contributed by atoms with Gasteiger partial charge < -0.3 is 23.8 Å². The molecule has 3 aromatic rings. The number of rotatable bonds is 12. The molecule has 0 bridgehead atoms. The molecular weight excluding hydrogens is 741 g/mol. The number of alkyl halides is 2. The molecule has 3 amide bonds. The summed E-state index contributed by atoms with van der Waals surface area (Å²) in [4.78, 5) is 48.9. The summed E-state index contributed by atoms with van der Waals surface area (Å²) in [7, 11) is 0. The number of halogens is 3. The van der Waals surface area contributed by atoms with E-state index in [0.717, 1.165) is 34.2 Å². The van der Waals surface area contributed by atoms with Crippen molar-refractivity contribution in [1.82, 2.24) is 14.8 Å². The van der Waals surface area contributed by atoms with Gasteiger partial charge in [-0.2, -0.15) is 8.78 Å². The van der Waals surface area contributed by atoms with Gasteiger partial charge in [0.05, 0.1) is 32.3 Å². The summed E-state index contributed by atoms with van der Waals surface area (Å²) in [5.74, 6) is -4.39. The molecule has 0 N–H and O–H groups in total. The molecule has 2 aromatic carbocycles. The first-order chi connectivity index (χ1) is 26.4. The minimum atomic E-state index is -3.61. The normalized spacial score (nSPS) is 16.3. The maximum absolute atomic E-state index is 15.5. The standard InChI is InChI=1S/C43H57F3N4O7/c1-29-21-34(47-36(22-29)50(39(53)57-42(8,9)10)25-30-15-12-11-13-16-30)23-31-26-49(38(52)56-41(5,6)7)27-35(31)54-20-19-48(37(51)55-40(2,3)4)28-43(45,46)32-17-14-18-33(44)24-32/h11-18,21-22,24,31,35H,19-20,23,25-28H2,1-10H3/t31-,35+/m1/s1. The van der Waals surface area contributed by atoms with Crippen LogP contribution in [0.1, 0.15) is 84.7 Å². The van der Waals surface area contributed by atoms with Crippen LogP contribution in [0.25, 0.3) is 0 Å². The molecule has 1 aliphatic heterocycles. The van der Waals surface area contributed by atoms with Crippen molar-refractivity contribution in [3.05, 3.63) is 94.9 Å². The molecule has 1 aromatic heterocycles. The van der Waals surface area contributed by atoms with E-state index in [-0.39, 0.29) is 38.7 Å². The molecule has 2 heterocycles. The van der Waals surface area contributed by atoms with Gasteiger partial charge in [-0.3, -0.25) is 9.80 Å². The van der Waals surface area contributed by atoms with Gasteiger partial charge in [0.2, 0.25) is 0 Å². The van der Waals surface area contributed by atoms with E-state index in [2.05, 4.69) is 0 Å². The first kappa shape index (κ1) is 44.9. The summed E-state index contributed by atoms with van der Waals surface area (Å²) in [6.07, 6.45) is -2.38. The van der Waals surface area contributed by atoms with E-state index >= 15 is 8.78 Å². The first-order valence-corrected chi connectivity index (χ1v) is 19.1. The molecule has 2 atom stereocenters. The zero-order chi connectivity index (χ0) is 42.3. The van der Waals surface area contributed by atoms with Gasteiger partial charge in [-0.15, -0.1) is 0 Å². The van der Waals surface area contributed by atoms with Gasteiger partial charge in [-0.05, 0) is 111 Å². The van der Waals surface area contributed by atoms with Crippen LogP contribution in [0.15, 0.2) is 66.7 Å². The number of aromatic nitrogens is 1. The molecule has 57 heavy (non-hydrogen) atoms. The number of aryl methyl sites for hydroxylation is 1. The van der Waals surface area contributed by atoms with Crippen LogP contribution in [0.5, 0.6) is 0 Å². The van der Waals surface area contributed by atoms with Crippen LogP contribution in [0.3, 0.4) is 0 Å². The Morgan fingerprint density at radius 2 is 1.44 bits per heavy atom. The fourth-order valence-corrected chi connectivity index (χ4v) is 6.18. The van der Waals surface area contributed by atoms with Gasteiger partial charge in [-0.1, -0.05) is 42.5 Å². The molecular formula is C43H57F3N4O7. The number of hydrogen-bond donors (Lipinski definition) is 0. The average Bonchev–Trinajstić information content (AvgIpc) is 3.47. The van der Waals surface area contributed by atoms with Crippen molar-refractivity contribution in [2.24, 2.45) is 5.92 Å². The monoisotopic (exact) mass is 798 g/mol. The van der Waals surface area contributed by atoms with E-state index in [9.17, 15) is 18.8 Å². The van der Waals surface area contributed by atoms with E-state index in [1.165, 1.54) is 15.9 Å². The van der Waals surface area contributed by atoms with Gasteiger partial charge in [0, 0.05) is 30.3 Å². The highest BCUT2D eigenvalue weighted by molar-refractivity contribution is 5.86. The van der Waals surface area contributed by atoms with Crippen LogP contribution in [0.4, 0.5) is 33.4 Å². The average molecular weight is 799 g/mol. The Labute approximate surface area is 334 Å². The molecule has 1 aliphatic rings. The van der Waals surface area contributed by atoms with Gasteiger partial charge in [0.15, 0.2) is 0 Å². The third-order valence-electron chi connectivity index (χ3n) is 8.57. The topological polar surface area (TPSA) is 111 Å². The Bertz CT molecular complexity index is 1840. The molecule has 0 saturated carbocycles. The summed E-state index contributed by atoms with van der Waals surface area (Å²) in [5, 5.41) is 0. The third kappa shape index (κ3) is 14.2. The summed E-state index contributed by atoms with van der Waals surface area (Å²) in [5.41, 5.74) is -0.742. The largest absolute Gasteiger partial charge is 0.444 e. The van der Waals surface area contributed by atoms with Gasteiger partial charge >= 0.3 is 18.3 Å². The lowest BCUT2D eigenvalue weighted by molar-refractivity contribution is -0.0560. The van der Waals surface area contributed by atoms with Crippen molar-refractivity contribution in [3.63, 3.8) is 0 Å². The second-order valence-corrected chi connectivity index (χ2v) is 17.4. The summed E-state index contributed by atoms with van der Waals surface area (Å²) in [6, 6.07) is 17.3. The number of pyridine rings is 1. The SMILES string of the molecule is Cc1cc(C[C@@H]2CN(C(=O)OC(C)(C)C)C[C@@H]2OCCN(CC(F)(F)c2cccc(F)c2)C(=O)OC(C)(C)C)nc(N(Cc2ccccc2)C(=O)OC(C)(C)C)c1. The smallest absolute Gasteiger partial charge is 0.416 e. The molecule has 4 rings (SSSR count). The molecule has 1 saturated heterocycles. The van der Waals surface area contributed by atoms with E-state index in [1.807, 2.05) is 43.3 Å². The van der Waals surface area contributed by atoms with Crippen LogP contribution in [0, 0.1) is 18.7 Å². The Hall–Kier alpha value is -4.85. The van der Waals surface area contributed by atoms with Crippen molar-refractivity contribution in [1.29, 1.82) is 0 Å². The predicted octanol–water partition coefficient (Wildman–Crippen LogP) is 9.29. The molecule has 312 valence electrons. The highest BCUT2D eigenvalue weighted by Crippen LogP contribution is 2.31. The third-order valence-corrected chi connectivity index (χ3v) is 8.57. The molecule has 11 nitrogen and oxygen atoms in total. The van der Waals surface area contributed by atoms with Crippen LogP contribution >= 0.6 is 0 Å². The Morgan fingerprint density at radius 1 is 0.807 bits per heavy atom. The summed E-state index contributed by atoms with van der Waals surface area (Å²) < 4.78 is 68.1. The van der Waals surface area contributed by atoms with Crippen molar-refractivity contribution in [3.8, 4) is 0 Å². The number of benzene rings is 2. The Balaban J connectivity index is 1.60. The lowest BCUT2D eigenvalue weighted by Crippen LogP contribution is -2.44. The zero-order valence-corrected chi connectivity index (χ0v) is 34.7. The molecule has 1 fully saturated rings. The summed E-state index contributed by atoms with van der Waals surface area (Å²) in [6.45, 7) is 16.5. The molecule has 0 aliphatic carbocycles. The van der Waals surface area contributed by atoms with Crippen LogP contribution in [0.2, 0.25) is 0 Å². The van der Waals surface area contributed by atoms with E-state index in [0.29, 0.717) is 17.9 Å². The molecule has 0 radical (unpaired) electrons. The van der Waals surface area contributed by atoms with Crippen LogP contribution in [-0.4, -0.2) is 88.8 Å². The van der Waals surface area contributed by atoms with E-state index in [4.69, 9.17) is 23.9 Å². The highest BCUT2D eigenvalue weighted by Gasteiger charge is 2.40. The lowest BCUT2D eigenvalue weighted by atomic mass is 9.98. The second kappa shape index (κ2) is 18.2. The quantitative estimate of drug-likeness (QED) is 0.167. The number of carbonyl (C=O) groups excluding carboxylic acids is 3. The van der Waals surface area contributed by atoms with Crippen molar-refractivity contribution in [2.45, 2.75) is 111 Å². The number of amides is 3. The number of hydrogen-bond acceptors (Lipinski definition) is 8. The van der Waals surface area contributed by atoms with Crippen molar-refractivity contribution >= 4 is 24.1 Å².